The molecule has 0 heterocycles. The highest BCUT2D eigenvalue weighted by Gasteiger charge is 2.17. The zero-order valence-corrected chi connectivity index (χ0v) is 15.0. The predicted octanol–water partition coefficient (Wildman–Crippen LogP) is 4.76. The highest BCUT2D eigenvalue weighted by Crippen LogP contribution is 2.35. The number of hydrogen-bond acceptors (Lipinski definition) is 3. The van der Waals surface area contributed by atoms with E-state index in [1.54, 1.807) is 13.0 Å². The maximum absolute atomic E-state index is 13.8. The fraction of sp³-hybridized carbons (Fsp3) is 0.188. The van der Waals surface area contributed by atoms with E-state index in [0.29, 0.717) is 21.7 Å². The molecule has 23 heavy (non-hydrogen) atoms. The van der Waals surface area contributed by atoms with Gasteiger partial charge in [-0.1, -0.05) is 17.7 Å². The van der Waals surface area contributed by atoms with E-state index in [-0.39, 0.29) is 22.8 Å². The maximum atomic E-state index is 13.8. The third-order valence-electron chi connectivity index (χ3n) is 2.98. The monoisotopic (exact) mass is 450 g/mol. The van der Waals surface area contributed by atoms with Crippen LogP contribution in [0.5, 0.6) is 11.5 Å². The van der Waals surface area contributed by atoms with Crippen molar-refractivity contribution >= 4 is 40.2 Å². The summed E-state index contributed by atoms with van der Waals surface area (Å²) in [5.41, 5.74) is 0.323. The van der Waals surface area contributed by atoms with Gasteiger partial charge < -0.3 is 14.6 Å². The predicted molar refractivity (Wildman–Crippen MR) is 93.0 cm³/mol. The van der Waals surface area contributed by atoms with Crippen LogP contribution in [0.15, 0.2) is 30.3 Å². The fourth-order valence-electron chi connectivity index (χ4n) is 1.91. The second-order valence-corrected chi connectivity index (χ2v) is 6.08. The van der Waals surface area contributed by atoms with Gasteiger partial charge in [0.15, 0.2) is 11.5 Å². The van der Waals surface area contributed by atoms with E-state index in [1.807, 2.05) is 22.6 Å². The van der Waals surface area contributed by atoms with Crippen molar-refractivity contribution in [3.63, 3.8) is 0 Å². The summed E-state index contributed by atoms with van der Waals surface area (Å²) < 4.78 is 25.4. The van der Waals surface area contributed by atoms with Gasteiger partial charge in [-0.3, -0.25) is 0 Å². The Balaban J connectivity index is 2.33. The molecule has 0 radical (unpaired) electrons. The minimum absolute atomic E-state index is 0.0893. The number of benzene rings is 2. The molecule has 0 spiro atoms. The van der Waals surface area contributed by atoms with Gasteiger partial charge in [0, 0.05) is 5.56 Å². The average molecular weight is 451 g/mol. The van der Waals surface area contributed by atoms with Crippen LogP contribution < -0.4 is 9.47 Å². The topological polar surface area (TPSA) is 55.8 Å². The summed E-state index contributed by atoms with van der Waals surface area (Å²) in [6.45, 7) is 2.03. The highest BCUT2D eigenvalue weighted by atomic mass is 127. The van der Waals surface area contributed by atoms with E-state index < -0.39 is 11.8 Å². The molecule has 0 unspecified atom stereocenters. The van der Waals surface area contributed by atoms with Crippen LogP contribution >= 0.6 is 34.2 Å². The Labute approximate surface area is 151 Å². The van der Waals surface area contributed by atoms with Crippen molar-refractivity contribution in [3.05, 3.63) is 55.9 Å². The number of aromatic carboxylic acids is 1. The molecule has 0 aromatic heterocycles. The van der Waals surface area contributed by atoms with Gasteiger partial charge in [-0.15, -0.1) is 0 Å². The second kappa shape index (κ2) is 7.83. The Bertz CT molecular complexity index is 716. The van der Waals surface area contributed by atoms with Crippen LogP contribution in [0.1, 0.15) is 22.8 Å². The van der Waals surface area contributed by atoms with Crippen LogP contribution in [0.4, 0.5) is 4.39 Å². The van der Waals surface area contributed by atoms with E-state index >= 15 is 0 Å². The van der Waals surface area contributed by atoms with E-state index in [4.69, 9.17) is 26.2 Å². The van der Waals surface area contributed by atoms with Gasteiger partial charge in [0.2, 0.25) is 0 Å². The first kappa shape index (κ1) is 17.8. The number of hydrogen-bond donors (Lipinski definition) is 1. The Morgan fingerprint density at radius 3 is 2.70 bits per heavy atom. The van der Waals surface area contributed by atoms with Gasteiger partial charge in [0.1, 0.15) is 12.4 Å². The van der Waals surface area contributed by atoms with E-state index in [1.165, 1.54) is 24.3 Å². The number of halogens is 3. The van der Waals surface area contributed by atoms with E-state index in [9.17, 15) is 9.18 Å². The zero-order valence-electron chi connectivity index (χ0n) is 12.1. The largest absolute Gasteiger partial charge is 0.490 e. The molecular weight excluding hydrogens is 438 g/mol. The molecule has 1 N–H and O–H groups in total. The molecule has 0 aliphatic heterocycles. The van der Waals surface area contributed by atoms with Crippen LogP contribution in [0.2, 0.25) is 5.02 Å². The Hall–Kier alpha value is -1.54. The maximum Gasteiger partial charge on any atom is 0.335 e. The van der Waals surface area contributed by atoms with Crippen molar-refractivity contribution in [1.82, 2.24) is 0 Å². The van der Waals surface area contributed by atoms with Gasteiger partial charge >= 0.3 is 5.97 Å². The second-order valence-electron chi connectivity index (χ2n) is 4.51. The van der Waals surface area contributed by atoms with Crippen molar-refractivity contribution in [2.24, 2.45) is 0 Å². The lowest BCUT2D eigenvalue weighted by atomic mass is 10.2. The fourth-order valence-corrected chi connectivity index (χ4v) is 2.88. The van der Waals surface area contributed by atoms with Crippen LogP contribution in [0, 0.1) is 9.39 Å². The smallest absolute Gasteiger partial charge is 0.335 e. The lowest BCUT2D eigenvalue weighted by molar-refractivity contribution is 0.0696. The molecule has 0 bridgehead atoms. The lowest BCUT2D eigenvalue weighted by Crippen LogP contribution is -2.06. The molecule has 0 atom stereocenters. The van der Waals surface area contributed by atoms with Crippen LogP contribution in [0.3, 0.4) is 0 Å². The number of carboxylic acids is 1. The lowest BCUT2D eigenvalue weighted by Gasteiger charge is -2.15. The third kappa shape index (κ3) is 4.26. The van der Waals surface area contributed by atoms with Crippen LogP contribution in [-0.4, -0.2) is 17.7 Å². The Morgan fingerprint density at radius 1 is 1.35 bits per heavy atom. The molecule has 0 fully saturated rings. The van der Waals surface area contributed by atoms with Gasteiger partial charge in [0.05, 0.1) is 20.8 Å². The molecule has 2 aromatic rings. The zero-order chi connectivity index (χ0) is 17.0. The first-order chi connectivity index (χ1) is 10.9. The molecule has 2 rings (SSSR count). The van der Waals surface area contributed by atoms with Crippen molar-refractivity contribution < 1.29 is 23.8 Å². The summed E-state index contributed by atoms with van der Waals surface area (Å²) in [6, 6.07) is 7.23. The quantitative estimate of drug-likeness (QED) is 0.645. The first-order valence-electron chi connectivity index (χ1n) is 6.69. The van der Waals surface area contributed by atoms with Gasteiger partial charge in [-0.05, 0) is 53.8 Å². The van der Waals surface area contributed by atoms with Crippen LogP contribution in [-0.2, 0) is 6.61 Å². The van der Waals surface area contributed by atoms with Crippen LogP contribution in [0.25, 0.3) is 0 Å². The molecule has 7 heteroatoms. The van der Waals surface area contributed by atoms with Crippen molar-refractivity contribution in [2.45, 2.75) is 13.5 Å². The summed E-state index contributed by atoms with van der Waals surface area (Å²) in [4.78, 5) is 11.1. The van der Waals surface area contributed by atoms with Gasteiger partial charge in [-0.25, -0.2) is 9.18 Å². The van der Waals surface area contributed by atoms with E-state index in [0.717, 1.165) is 0 Å². The molecule has 0 amide bonds. The molecule has 4 nitrogen and oxygen atoms in total. The summed E-state index contributed by atoms with van der Waals surface area (Å²) in [5, 5.41) is 9.37. The minimum atomic E-state index is -1.06. The molecule has 0 aliphatic rings. The molecular formula is C16H13ClFIO4. The molecule has 2 aromatic carbocycles. The normalized spacial score (nSPS) is 10.4. The SMILES string of the molecule is CCOc1cc(C(=O)O)cc(I)c1OCc1c(F)cccc1Cl. The average Bonchev–Trinajstić information content (AvgIpc) is 2.48. The number of ether oxygens (including phenoxy) is 2. The minimum Gasteiger partial charge on any atom is -0.490 e. The third-order valence-corrected chi connectivity index (χ3v) is 4.13. The van der Waals surface area contributed by atoms with Gasteiger partial charge in [-0.2, -0.15) is 0 Å². The van der Waals surface area contributed by atoms with Crippen molar-refractivity contribution in [3.8, 4) is 11.5 Å². The Morgan fingerprint density at radius 2 is 2.09 bits per heavy atom. The number of carbonyl (C=O) groups is 1. The summed E-state index contributed by atoms with van der Waals surface area (Å²) in [6.07, 6.45) is 0. The van der Waals surface area contributed by atoms with Gasteiger partial charge in [0.25, 0.3) is 0 Å². The number of carboxylic acid groups (broad SMARTS) is 1. The van der Waals surface area contributed by atoms with Crippen molar-refractivity contribution in [1.29, 1.82) is 0 Å². The van der Waals surface area contributed by atoms with E-state index in [2.05, 4.69) is 0 Å². The highest BCUT2D eigenvalue weighted by molar-refractivity contribution is 14.1. The number of rotatable bonds is 6. The standard InChI is InChI=1S/C16H13ClFIO4/c1-2-22-14-7-9(16(20)21)6-13(19)15(14)23-8-10-11(17)4-3-5-12(10)18/h3-7H,2,8H2,1H3,(H,20,21). The molecule has 0 aliphatic carbocycles. The molecule has 122 valence electrons. The van der Waals surface area contributed by atoms with Crippen molar-refractivity contribution in [2.75, 3.05) is 6.61 Å². The molecule has 0 saturated heterocycles. The first-order valence-corrected chi connectivity index (χ1v) is 8.15. The Kier molecular flexibility index (Phi) is 6.06. The summed E-state index contributed by atoms with van der Waals surface area (Å²) in [5.74, 6) is -0.874. The summed E-state index contributed by atoms with van der Waals surface area (Å²) >= 11 is 7.92. The summed E-state index contributed by atoms with van der Waals surface area (Å²) in [7, 11) is 0. The molecule has 0 saturated carbocycles.